The number of piperidine rings is 1. The summed E-state index contributed by atoms with van der Waals surface area (Å²) in [4.78, 5) is 29.9. The van der Waals surface area contributed by atoms with E-state index in [-0.39, 0.29) is 18.5 Å². The van der Waals surface area contributed by atoms with Crippen LogP contribution in [-0.4, -0.2) is 53.3 Å². The number of carbonyl (C=O) groups excluding carboxylic acids is 2. The number of urea groups is 1. The van der Waals surface area contributed by atoms with Gasteiger partial charge in [0.1, 0.15) is 6.54 Å². The second kappa shape index (κ2) is 8.66. The Hall–Kier alpha value is -2.90. The fourth-order valence-electron chi connectivity index (χ4n) is 3.14. The molecule has 1 unspecified atom stereocenters. The summed E-state index contributed by atoms with van der Waals surface area (Å²) < 4.78 is 10.3. The average molecular weight is 372 g/mol. The first-order valence-electron chi connectivity index (χ1n) is 9.16. The Labute approximate surface area is 157 Å². The second-order valence-corrected chi connectivity index (χ2v) is 6.57. The lowest BCUT2D eigenvalue weighted by atomic mass is 9.98. The van der Waals surface area contributed by atoms with Gasteiger partial charge in [0.2, 0.25) is 11.7 Å². The number of aromatic nitrogens is 2. The SMILES string of the molecule is CCOC(=O)CNC(=O)N1CCCC(c2nc(-c3cccc(C)c3)no2)C1. The number of amides is 2. The molecular formula is C19H24N4O4. The number of nitrogens with zero attached hydrogens (tertiary/aromatic N) is 3. The lowest BCUT2D eigenvalue weighted by molar-refractivity contribution is -0.141. The van der Waals surface area contributed by atoms with Gasteiger partial charge in [-0.05, 0) is 32.8 Å². The standard InChI is InChI=1S/C19H24N4O4/c1-3-26-16(24)11-20-19(25)23-9-5-8-15(12-23)18-21-17(22-27-18)14-7-4-6-13(2)10-14/h4,6-7,10,15H,3,5,8-9,11-12H2,1-2H3,(H,20,25). The number of ether oxygens (including phenoxy) is 1. The van der Waals surface area contributed by atoms with Crippen molar-refractivity contribution in [2.24, 2.45) is 0 Å². The topological polar surface area (TPSA) is 97.6 Å². The molecule has 2 heterocycles. The van der Waals surface area contributed by atoms with Crippen LogP contribution in [0.1, 0.15) is 37.1 Å². The van der Waals surface area contributed by atoms with Crippen molar-refractivity contribution < 1.29 is 18.8 Å². The minimum atomic E-state index is -0.445. The van der Waals surface area contributed by atoms with Crippen molar-refractivity contribution >= 4 is 12.0 Å². The monoisotopic (exact) mass is 372 g/mol. The van der Waals surface area contributed by atoms with Gasteiger partial charge in [0.05, 0.1) is 12.5 Å². The molecule has 1 atom stereocenters. The van der Waals surface area contributed by atoms with Gasteiger partial charge in [-0.15, -0.1) is 0 Å². The molecule has 27 heavy (non-hydrogen) atoms. The highest BCUT2D eigenvalue weighted by Crippen LogP contribution is 2.27. The number of carbonyl (C=O) groups is 2. The minimum absolute atomic E-state index is 0.0156. The molecule has 1 aromatic carbocycles. The summed E-state index contributed by atoms with van der Waals surface area (Å²) in [7, 11) is 0. The zero-order chi connectivity index (χ0) is 19.2. The van der Waals surface area contributed by atoms with Crippen LogP contribution in [0.15, 0.2) is 28.8 Å². The predicted molar refractivity (Wildman–Crippen MR) is 98.1 cm³/mol. The summed E-state index contributed by atoms with van der Waals surface area (Å²) in [5.74, 6) is 0.629. The van der Waals surface area contributed by atoms with E-state index in [0.717, 1.165) is 24.0 Å². The Morgan fingerprint density at radius 2 is 2.26 bits per heavy atom. The van der Waals surface area contributed by atoms with Crippen LogP contribution < -0.4 is 5.32 Å². The van der Waals surface area contributed by atoms with Crippen molar-refractivity contribution in [3.05, 3.63) is 35.7 Å². The molecule has 1 fully saturated rings. The van der Waals surface area contributed by atoms with Crippen LogP contribution in [0.25, 0.3) is 11.4 Å². The summed E-state index contributed by atoms with van der Waals surface area (Å²) in [5.41, 5.74) is 2.03. The zero-order valence-electron chi connectivity index (χ0n) is 15.6. The van der Waals surface area contributed by atoms with Crippen LogP contribution in [0.2, 0.25) is 0 Å². The van der Waals surface area contributed by atoms with Crippen LogP contribution in [-0.2, 0) is 9.53 Å². The maximum atomic E-state index is 12.3. The molecule has 2 aromatic rings. The Morgan fingerprint density at radius 1 is 1.41 bits per heavy atom. The van der Waals surface area contributed by atoms with Gasteiger partial charge in [-0.1, -0.05) is 28.9 Å². The summed E-state index contributed by atoms with van der Waals surface area (Å²) in [5, 5.41) is 6.68. The van der Waals surface area contributed by atoms with Crippen molar-refractivity contribution in [1.29, 1.82) is 0 Å². The van der Waals surface area contributed by atoms with Gasteiger partial charge in [-0.3, -0.25) is 4.79 Å². The molecule has 0 radical (unpaired) electrons. The molecule has 0 spiro atoms. The van der Waals surface area contributed by atoms with Crippen molar-refractivity contribution in [2.45, 2.75) is 32.6 Å². The summed E-state index contributed by atoms with van der Waals surface area (Å²) >= 11 is 0. The first kappa shape index (κ1) is 18.9. The fourth-order valence-corrected chi connectivity index (χ4v) is 3.14. The third-order valence-electron chi connectivity index (χ3n) is 4.47. The molecule has 1 saturated heterocycles. The zero-order valence-corrected chi connectivity index (χ0v) is 15.6. The molecule has 0 bridgehead atoms. The third-order valence-corrected chi connectivity index (χ3v) is 4.47. The van der Waals surface area contributed by atoms with E-state index in [4.69, 9.17) is 9.26 Å². The lowest BCUT2D eigenvalue weighted by Gasteiger charge is -2.30. The quantitative estimate of drug-likeness (QED) is 0.810. The molecule has 3 rings (SSSR count). The van der Waals surface area contributed by atoms with Gasteiger partial charge >= 0.3 is 12.0 Å². The predicted octanol–water partition coefficient (Wildman–Crippen LogP) is 2.50. The second-order valence-electron chi connectivity index (χ2n) is 6.57. The van der Waals surface area contributed by atoms with E-state index in [1.165, 1.54) is 0 Å². The molecule has 1 N–H and O–H groups in total. The molecule has 0 saturated carbocycles. The van der Waals surface area contributed by atoms with Gasteiger partial charge in [-0.25, -0.2) is 4.79 Å². The van der Waals surface area contributed by atoms with E-state index in [1.54, 1.807) is 11.8 Å². The molecule has 1 aliphatic rings. The number of aryl methyl sites for hydroxylation is 1. The number of benzene rings is 1. The fraction of sp³-hybridized carbons (Fsp3) is 0.474. The van der Waals surface area contributed by atoms with E-state index >= 15 is 0 Å². The number of esters is 1. The molecule has 144 valence electrons. The van der Waals surface area contributed by atoms with Crippen LogP contribution in [0.4, 0.5) is 4.79 Å². The maximum absolute atomic E-state index is 12.3. The smallest absolute Gasteiger partial charge is 0.325 e. The van der Waals surface area contributed by atoms with Crippen molar-refractivity contribution in [1.82, 2.24) is 20.4 Å². The van der Waals surface area contributed by atoms with Crippen molar-refractivity contribution in [3.8, 4) is 11.4 Å². The van der Waals surface area contributed by atoms with E-state index < -0.39 is 5.97 Å². The third kappa shape index (κ3) is 4.84. The number of hydrogen-bond donors (Lipinski definition) is 1. The molecule has 8 heteroatoms. The van der Waals surface area contributed by atoms with Crippen LogP contribution in [0, 0.1) is 6.92 Å². The Balaban J connectivity index is 1.61. The number of likely N-dealkylation sites (tertiary alicyclic amines) is 1. The first-order chi connectivity index (χ1) is 13.1. The number of hydrogen-bond acceptors (Lipinski definition) is 6. The number of nitrogens with one attached hydrogen (secondary N) is 1. The van der Waals surface area contributed by atoms with Gasteiger partial charge in [-0.2, -0.15) is 4.98 Å². The highest BCUT2D eigenvalue weighted by molar-refractivity contribution is 5.80. The maximum Gasteiger partial charge on any atom is 0.325 e. The summed E-state index contributed by atoms with van der Waals surface area (Å²) in [6.45, 7) is 5.00. The molecule has 2 amide bonds. The van der Waals surface area contributed by atoms with Gasteiger partial charge < -0.3 is 19.5 Å². The molecule has 0 aliphatic carbocycles. The first-order valence-corrected chi connectivity index (χ1v) is 9.16. The number of rotatable bonds is 5. The van der Waals surface area contributed by atoms with E-state index in [2.05, 4.69) is 15.5 Å². The highest BCUT2D eigenvalue weighted by Gasteiger charge is 2.29. The van der Waals surface area contributed by atoms with E-state index in [9.17, 15) is 9.59 Å². The van der Waals surface area contributed by atoms with Crippen molar-refractivity contribution in [2.75, 3.05) is 26.2 Å². The Kier molecular flexibility index (Phi) is 6.05. The van der Waals surface area contributed by atoms with E-state index in [1.807, 2.05) is 31.2 Å². The molecule has 1 aliphatic heterocycles. The van der Waals surface area contributed by atoms with Crippen LogP contribution >= 0.6 is 0 Å². The van der Waals surface area contributed by atoms with E-state index in [0.29, 0.717) is 31.4 Å². The normalized spacial score (nSPS) is 16.8. The van der Waals surface area contributed by atoms with Gasteiger partial charge in [0.25, 0.3) is 0 Å². The molecular weight excluding hydrogens is 348 g/mol. The molecule has 8 nitrogen and oxygen atoms in total. The van der Waals surface area contributed by atoms with Gasteiger partial charge in [0, 0.05) is 18.7 Å². The summed E-state index contributed by atoms with van der Waals surface area (Å²) in [6, 6.07) is 7.63. The van der Waals surface area contributed by atoms with Crippen LogP contribution in [0.5, 0.6) is 0 Å². The van der Waals surface area contributed by atoms with Crippen molar-refractivity contribution in [3.63, 3.8) is 0 Å². The Bertz CT molecular complexity index is 805. The molecule has 1 aromatic heterocycles. The summed E-state index contributed by atoms with van der Waals surface area (Å²) in [6.07, 6.45) is 1.71. The Morgan fingerprint density at radius 3 is 3.04 bits per heavy atom. The highest BCUT2D eigenvalue weighted by atomic mass is 16.5. The largest absolute Gasteiger partial charge is 0.465 e. The van der Waals surface area contributed by atoms with Crippen LogP contribution in [0.3, 0.4) is 0 Å². The average Bonchev–Trinajstić information content (AvgIpc) is 3.17. The lowest BCUT2D eigenvalue weighted by Crippen LogP contribution is -2.46. The minimum Gasteiger partial charge on any atom is -0.465 e. The van der Waals surface area contributed by atoms with Gasteiger partial charge in [0.15, 0.2) is 0 Å².